The van der Waals surface area contributed by atoms with Crippen molar-refractivity contribution in [3.63, 3.8) is 0 Å². The van der Waals surface area contributed by atoms with E-state index in [2.05, 4.69) is 15.9 Å². The fraction of sp³-hybridized carbons (Fsp3) is 0.0455. The van der Waals surface area contributed by atoms with Crippen LogP contribution in [0.15, 0.2) is 71.2 Å². The van der Waals surface area contributed by atoms with Crippen molar-refractivity contribution in [1.82, 2.24) is 0 Å². The molecule has 6 heteroatoms. The Kier molecular flexibility index (Phi) is 4.57. The molecule has 0 bridgehead atoms. The molecule has 2 amide bonds. The minimum absolute atomic E-state index is 0.238. The van der Waals surface area contributed by atoms with Gasteiger partial charge in [0.15, 0.2) is 0 Å². The highest BCUT2D eigenvalue weighted by molar-refractivity contribution is 9.10. The number of fused-ring (bicyclic) bond motifs is 1. The molecule has 0 atom stereocenters. The van der Waals surface area contributed by atoms with Crippen LogP contribution in [0.4, 0.5) is 5.69 Å². The van der Waals surface area contributed by atoms with E-state index in [1.54, 1.807) is 48.5 Å². The molecule has 0 aromatic heterocycles. The molecule has 138 valence electrons. The molecule has 0 radical (unpaired) electrons. The zero-order chi connectivity index (χ0) is 19.8. The van der Waals surface area contributed by atoms with Gasteiger partial charge in [-0.3, -0.25) is 9.59 Å². The zero-order valence-corrected chi connectivity index (χ0v) is 16.4. The van der Waals surface area contributed by atoms with Crippen molar-refractivity contribution in [1.29, 1.82) is 0 Å². The standard InChI is InChI=1S/C22H14BrNO4/c1-13-9-10-19(18(23)11-13)28-22(27)14-5-4-6-15(12-14)24-20(25)16-7-2-3-8-17(16)21(24)26/h2-12H,1H3. The summed E-state index contributed by atoms with van der Waals surface area (Å²) in [5.74, 6) is -1.01. The third-order valence-electron chi connectivity index (χ3n) is 4.42. The molecule has 0 unspecified atom stereocenters. The Morgan fingerprint density at radius 2 is 1.57 bits per heavy atom. The molecule has 1 aliphatic rings. The molecule has 3 aromatic rings. The van der Waals surface area contributed by atoms with Crippen LogP contribution in [0, 0.1) is 6.92 Å². The molecular formula is C22H14BrNO4. The molecule has 28 heavy (non-hydrogen) atoms. The number of hydrogen-bond acceptors (Lipinski definition) is 4. The maximum atomic E-state index is 12.6. The van der Waals surface area contributed by atoms with E-state index in [0.717, 1.165) is 10.5 Å². The first kappa shape index (κ1) is 18.1. The summed E-state index contributed by atoms with van der Waals surface area (Å²) >= 11 is 3.37. The van der Waals surface area contributed by atoms with Gasteiger partial charge in [0.1, 0.15) is 5.75 Å². The summed E-state index contributed by atoms with van der Waals surface area (Å²) in [6, 6.07) is 18.3. The number of carbonyl (C=O) groups is 3. The van der Waals surface area contributed by atoms with Crippen LogP contribution in [0.5, 0.6) is 5.75 Å². The maximum absolute atomic E-state index is 12.6. The molecule has 0 N–H and O–H groups in total. The molecule has 4 rings (SSSR count). The Hall–Kier alpha value is -3.25. The molecule has 0 spiro atoms. The van der Waals surface area contributed by atoms with Gasteiger partial charge in [-0.25, -0.2) is 9.69 Å². The third-order valence-corrected chi connectivity index (χ3v) is 5.04. The molecule has 0 fully saturated rings. The Morgan fingerprint density at radius 1 is 0.893 bits per heavy atom. The van der Waals surface area contributed by atoms with Crippen LogP contribution in [0.1, 0.15) is 36.6 Å². The summed E-state index contributed by atoms with van der Waals surface area (Å²) in [6.07, 6.45) is 0. The predicted octanol–water partition coefficient (Wildman–Crippen LogP) is 4.78. The average Bonchev–Trinajstić information content (AvgIpc) is 2.95. The van der Waals surface area contributed by atoms with Crippen LogP contribution in [0.3, 0.4) is 0 Å². The summed E-state index contributed by atoms with van der Waals surface area (Å²) in [7, 11) is 0. The van der Waals surface area contributed by atoms with Gasteiger partial charge in [0.2, 0.25) is 0 Å². The molecule has 1 aliphatic heterocycles. The lowest BCUT2D eigenvalue weighted by atomic mass is 10.1. The summed E-state index contributed by atoms with van der Waals surface area (Å²) < 4.78 is 6.11. The number of aryl methyl sites for hydroxylation is 1. The molecule has 3 aromatic carbocycles. The van der Waals surface area contributed by atoms with Crippen molar-refractivity contribution < 1.29 is 19.1 Å². The van der Waals surface area contributed by atoms with Gasteiger partial charge in [0.05, 0.1) is 26.9 Å². The molecular weight excluding hydrogens is 422 g/mol. The SMILES string of the molecule is Cc1ccc(OC(=O)c2cccc(N3C(=O)c4ccccc4C3=O)c2)c(Br)c1. The van der Waals surface area contributed by atoms with Gasteiger partial charge in [-0.1, -0.05) is 24.3 Å². The van der Waals surface area contributed by atoms with Gasteiger partial charge >= 0.3 is 5.97 Å². The Labute approximate surface area is 169 Å². The summed E-state index contributed by atoms with van der Waals surface area (Å²) in [6.45, 7) is 1.93. The molecule has 5 nitrogen and oxygen atoms in total. The van der Waals surface area contributed by atoms with Gasteiger partial charge in [-0.2, -0.15) is 0 Å². The van der Waals surface area contributed by atoms with Crippen molar-refractivity contribution in [2.24, 2.45) is 0 Å². The van der Waals surface area contributed by atoms with E-state index < -0.39 is 17.8 Å². The minimum atomic E-state index is -0.581. The fourth-order valence-electron chi connectivity index (χ4n) is 3.04. The molecule has 0 aliphatic carbocycles. The number of imide groups is 1. The molecule has 0 saturated carbocycles. The number of hydrogen-bond donors (Lipinski definition) is 0. The van der Waals surface area contributed by atoms with E-state index in [9.17, 15) is 14.4 Å². The highest BCUT2D eigenvalue weighted by atomic mass is 79.9. The van der Waals surface area contributed by atoms with E-state index in [-0.39, 0.29) is 5.56 Å². The lowest BCUT2D eigenvalue weighted by Gasteiger charge is -2.15. The van der Waals surface area contributed by atoms with Crippen LogP contribution < -0.4 is 9.64 Å². The monoisotopic (exact) mass is 435 g/mol. The topological polar surface area (TPSA) is 63.7 Å². The van der Waals surface area contributed by atoms with Gasteiger partial charge < -0.3 is 4.74 Å². The second kappa shape index (κ2) is 7.05. The number of anilines is 1. The van der Waals surface area contributed by atoms with Crippen LogP contribution in [0.2, 0.25) is 0 Å². The Morgan fingerprint density at radius 3 is 2.21 bits per heavy atom. The number of halogens is 1. The first-order valence-electron chi connectivity index (χ1n) is 8.52. The van der Waals surface area contributed by atoms with E-state index in [1.807, 2.05) is 19.1 Å². The summed E-state index contributed by atoms with van der Waals surface area (Å²) in [4.78, 5) is 38.9. The number of rotatable bonds is 3. The number of nitrogens with zero attached hydrogens (tertiary/aromatic N) is 1. The van der Waals surface area contributed by atoms with Crippen LogP contribution in [0.25, 0.3) is 0 Å². The number of ether oxygens (including phenoxy) is 1. The average molecular weight is 436 g/mol. The maximum Gasteiger partial charge on any atom is 0.343 e. The van der Waals surface area contributed by atoms with Gasteiger partial charge in [-0.15, -0.1) is 0 Å². The first-order chi connectivity index (χ1) is 13.5. The third kappa shape index (κ3) is 3.12. The van der Waals surface area contributed by atoms with Crippen LogP contribution in [-0.4, -0.2) is 17.8 Å². The fourth-order valence-corrected chi connectivity index (χ4v) is 3.62. The number of amides is 2. The highest BCUT2D eigenvalue weighted by Crippen LogP contribution is 2.30. The Bertz CT molecular complexity index is 1100. The number of benzene rings is 3. The van der Waals surface area contributed by atoms with Crippen LogP contribution in [-0.2, 0) is 0 Å². The first-order valence-corrected chi connectivity index (χ1v) is 9.31. The van der Waals surface area contributed by atoms with Crippen molar-refractivity contribution in [2.45, 2.75) is 6.92 Å². The second-order valence-corrected chi connectivity index (χ2v) is 7.22. The van der Waals surface area contributed by atoms with Crippen LogP contribution >= 0.6 is 15.9 Å². The Balaban J connectivity index is 1.63. The van der Waals surface area contributed by atoms with Crippen molar-refractivity contribution >= 4 is 39.4 Å². The molecule has 0 saturated heterocycles. The van der Waals surface area contributed by atoms with Gasteiger partial charge in [-0.05, 0) is 70.9 Å². The quantitative estimate of drug-likeness (QED) is 0.337. The van der Waals surface area contributed by atoms with E-state index >= 15 is 0 Å². The smallest absolute Gasteiger partial charge is 0.343 e. The largest absolute Gasteiger partial charge is 0.422 e. The number of esters is 1. The van der Waals surface area contributed by atoms with E-state index in [0.29, 0.717) is 27.0 Å². The summed E-state index contributed by atoms with van der Waals surface area (Å²) in [5.41, 5.74) is 2.29. The highest BCUT2D eigenvalue weighted by Gasteiger charge is 2.36. The van der Waals surface area contributed by atoms with Gasteiger partial charge in [0, 0.05) is 0 Å². The minimum Gasteiger partial charge on any atom is -0.422 e. The van der Waals surface area contributed by atoms with Crippen molar-refractivity contribution in [3.05, 3.63) is 93.5 Å². The molecule has 1 heterocycles. The van der Waals surface area contributed by atoms with Gasteiger partial charge in [0.25, 0.3) is 11.8 Å². The lowest BCUT2D eigenvalue weighted by molar-refractivity contribution is 0.0732. The predicted molar refractivity (Wildman–Crippen MR) is 108 cm³/mol. The zero-order valence-electron chi connectivity index (χ0n) is 14.8. The lowest BCUT2D eigenvalue weighted by Crippen LogP contribution is -2.29. The van der Waals surface area contributed by atoms with Crippen molar-refractivity contribution in [2.75, 3.05) is 4.90 Å². The van der Waals surface area contributed by atoms with E-state index in [4.69, 9.17) is 4.74 Å². The van der Waals surface area contributed by atoms with E-state index in [1.165, 1.54) is 6.07 Å². The number of carbonyl (C=O) groups excluding carboxylic acids is 3. The normalized spacial score (nSPS) is 12.9. The second-order valence-electron chi connectivity index (χ2n) is 6.37. The van der Waals surface area contributed by atoms with Crippen molar-refractivity contribution in [3.8, 4) is 5.75 Å². The summed E-state index contributed by atoms with van der Waals surface area (Å²) in [5, 5.41) is 0.